The molecular formula is C34H30N2. The lowest BCUT2D eigenvalue weighted by Crippen LogP contribution is -2.00. The first-order valence-corrected chi connectivity index (χ1v) is 12.3. The van der Waals surface area contributed by atoms with Crippen molar-refractivity contribution >= 4 is 28.0 Å². The van der Waals surface area contributed by atoms with Crippen LogP contribution in [-0.2, 0) is 0 Å². The summed E-state index contributed by atoms with van der Waals surface area (Å²) in [5.41, 5.74) is 9.91. The number of hydrogen-bond acceptors (Lipinski definition) is 1. The number of nitrogens with zero attached hydrogens (tertiary/aromatic N) is 1. The Labute approximate surface area is 213 Å². The summed E-state index contributed by atoms with van der Waals surface area (Å²) in [5.74, 6) is 0. The first-order valence-electron chi connectivity index (χ1n) is 12.3. The maximum absolute atomic E-state index is 4.70. The number of nitrogens with one attached hydrogen (secondary N) is 1. The molecule has 0 radical (unpaired) electrons. The third kappa shape index (κ3) is 4.71. The van der Waals surface area contributed by atoms with Gasteiger partial charge in [-0.25, -0.2) is 0 Å². The van der Waals surface area contributed by atoms with E-state index in [1.807, 2.05) is 12.3 Å². The van der Waals surface area contributed by atoms with Gasteiger partial charge in [0.25, 0.3) is 0 Å². The molecule has 4 aromatic carbocycles. The lowest BCUT2D eigenvalue weighted by Gasteiger charge is -2.17. The van der Waals surface area contributed by atoms with Crippen molar-refractivity contribution in [2.24, 2.45) is 4.99 Å². The van der Waals surface area contributed by atoms with Crippen molar-refractivity contribution in [2.45, 2.75) is 19.4 Å². The second-order valence-electron chi connectivity index (χ2n) is 9.03. The van der Waals surface area contributed by atoms with Gasteiger partial charge in [0.1, 0.15) is 0 Å². The van der Waals surface area contributed by atoms with Crippen LogP contribution in [0.4, 0.5) is 0 Å². The van der Waals surface area contributed by atoms with Crippen LogP contribution in [0.3, 0.4) is 0 Å². The van der Waals surface area contributed by atoms with Gasteiger partial charge in [-0.1, -0.05) is 86.0 Å². The SMILES string of the molecule is C=CC=C.Cc1ccc(-c2ccc3[nH]c4ccc(-c5ccccc5)cc4c3c2)cc1C1CC=CC=N1. The zero-order valence-corrected chi connectivity index (χ0v) is 20.6. The maximum Gasteiger partial charge on any atom is 0.0786 e. The standard InChI is InChI=1S/C30H24N2.C4H6/c1-20-10-11-23(17-25(20)28-9-5-6-16-31-28)24-13-15-30-27(19-24)26-18-22(12-14-29(26)32-30)21-7-3-2-4-8-21;1-3-4-2/h2-8,10-19,28,32H,9H2,1H3;3-4H,1-2H2. The van der Waals surface area contributed by atoms with Crippen LogP contribution >= 0.6 is 0 Å². The molecule has 1 N–H and O–H groups in total. The van der Waals surface area contributed by atoms with Gasteiger partial charge in [-0.15, -0.1) is 0 Å². The predicted molar refractivity (Wildman–Crippen MR) is 157 cm³/mol. The fourth-order valence-corrected chi connectivity index (χ4v) is 4.76. The van der Waals surface area contributed by atoms with Gasteiger partial charge in [-0.3, -0.25) is 4.99 Å². The Bertz CT molecular complexity index is 1590. The van der Waals surface area contributed by atoms with Crippen molar-refractivity contribution in [3.63, 3.8) is 0 Å². The molecule has 0 spiro atoms. The highest BCUT2D eigenvalue weighted by molar-refractivity contribution is 6.09. The monoisotopic (exact) mass is 466 g/mol. The van der Waals surface area contributed by atoms with E-state index >= 15 is 0 Å². The highest BCUT2D eigenvalue weighted by Crippen LogP contribution is 2.35. The molecule has 0 saturated carbocycles. The molecule has 1 aliphatic heterocycles. The number of fused-ring (bicyclic) bond motifs is 3. The molecule has 2 heteroatoms. The van der Waals surface area contributed by atoms with Crippen LogP contribution in [0.5, 0.6) is 0 Å². The average molecular weight is 467 g/mol. The molecule has 1 aliphatic rings. The van der Waals surface area contributed by atoms with Crippen LogP contribution in [-0.4, -0.2) is 11.2 Å². The minimum Gasteiger partial charge on any atom is -0.355 e. The van der Waals surface area contributed by atoms with E-state index in [4.69, 9.17) is 4.99 Å². The number of aliphatic imine (C=N–C) groups is 1. The van der Waals surface area contributed by atoms with E-state index in [9.17, 15) is 0 Å². The number of benzene rings is 4. The van der Waals surface area contributed by atoms with E-state index < -0.39 is 0 Å². The first kappa shape index (κ1) is 23.3. The summed E-state index contributed by atoms with van der Waals surface area (Å²) < 4.78 is 0. The second kappa shape index (κ2) is 10.5. The van der Waals surface area contributed by atoms with E-state index in [1.54, 1.807) is 12.2 Å². The maximum atomic E-state index is 4.70. The highest BCUT2D eigenvalue weighted by Gasteiger charge is 2.14. The second-order valence-corrected chi connectivity index (χ2v) is 9.03. The Morgan fingerprint density at radius 3 is 1.97 bits per heavy atom. The first-order chi connectivity index (χ1) is 17.7. The summed E-state index contributed by atoms with van der Waals surface area (Å²) in [4.78, 5) is 8.28. The Hall–Kier alpha value is -4.43. The molecule has 1 atom stereocenters. The molecule has 0 fully saturated rings. The summed E-state index contributed by atoms with van der Waals surface area (Å²) in [6, 6.07) is 31.0. The van der Waals surface area contributed by atoms with Crippen molar-refractivity contribution in [3.8, 4) is 22.3 Å². The molecule has 2 nitrogen and oxygen atoms in total. The molecule has 2 heterocycles. The number of aryl methyl sites for hydroxylation is 1. The molecule has 36 heavy (non-hydrogen) atoms. The zero-order valence-electron chi connectivity index (χ0n) is 20.6. The van der Waals surface area contributed by atoms with E-state index in [-0.39, 0.29) is 6.04 Å². The van der Waals surface area contributed by atoms with Gasteiger partial charge < -0.3 is 4.98 Å². The summed E-state index contributed by atoms with van der Waals surface area (Å²) >= 11 is 0. The van der Waals surface area contributed by atoms with Gasteiger partial charge in [-0.05, 0) is 83.1 Å². The normalized spacial score (nSPS) is 14.4. The number of rotatable bonds is 4. The van der Waals surface area contributed by atoms with Gasteiger partial charge in [0.05, 0.1) is 6.04 Å². The molecule has 0 aliphatic carbocycles. The van der Waals surface area contributed by atoms with E-state index in [2.05, 4.69) is 116 Å². The fraction of sp³-hybridized carbons (Fsp3) is 0.0882. The minimum absolute atomic E-state index is 0.213. The summed E-state index contributed by atoms with van der Waals surface area (Å²) in [6.07, 6.45) is 10.4. The zero-order chi connectivity index (χ0) is 24.9. The van der Waals surface area contributed by atoms with Gasteiger partial charge in [0, 0.05) is 28.0 Å². The number of dihydropyridines is 1. The van der Waals surface area contributed by atoms with Crippen LogP contribution in [0.25, 0.3) is 44.1 Å². The third-order valence-corrected chi connectivity index (χ3v) is 6.69. The lowest BCUT2D eigenvalue weighted by atomic mass is 9.93. The fourth-order valence-electron chi connectivity index (χ4n) is 4.76. The van der Waals surface area contributed by atoms with E-state index in [1.165, 1.54) is 55.2 Å². The third-order valence-electron chi connectivity index (χ3n) is 6.69. The lowest BCUT2D eigenvalue weighted by molar-refractivity contribution is 0.735. The Morgan fingerprint density at radius 1 is 0.750 bits per heavy atom. The molecule has 176 valence electrons. The average Bonchev–Trinajstić information content (AvgIpc) is 3.31. The Kier molecular flexibility index (Phi) is 6.77. The van der Waals surface area contributed by atoms with Crippen LogP contribution in [0.2, 0.25) is 0 Å². The number of aromatic amines is 1. The summed E-state index contributed by atoms with van der Waals surface area (Å²) in [5, 5.41) is 2.52. The topological polar surface area (TPSA) is 28.1 Å². The van der Waals surface area contributed by atoms with Crippen LogP contribution in [0.1, 0.15) is 23.6 Å². The Balaban J connectivity index is 0.000000623. The molecule has 0 saturated heterocycles. The number of allylic oxidation sites excluding steroid dienone is 3. The Morgan fingerprint density at radius 2 is 1.36 bits per heavy atom. The van der Waals surface area contributed by atoms with Crippen molar-refractivity contribution in [1.29, 1.82) is 0 Å². The molecule has 0 bridgehead atoms. The van der Waals surface area contributed by atoms with Crippen molar-refractivity contribution in [2.75, 3.05) is 0 Å². The van der Waals surface area contributed by atoms with Crippen LogP contribution in [0, 0.1) is 6.92 Å². The van der Waals surface area contributed by atoms with Gasteiger partial charge >= 0.3 is 0 Å². The molecule has 6 rings (SSSR count). The van der Waals surface area contributed by atoms with Crippen molar-refractivity contribution in [3.05, 3.63) is 134 Å². The van der Waals surface area contributed by atoms with Gasteiger partial charge in [-0.2, -0.15) is 0 Å². The molecule has 5 aromatic rings. The van der Waals surface area contributed by atoms with E-state index in [0.717, 1.165) is 6.42 Å². The molecular weight excluding hydrogens is 436 g/mol. The molecule has 0 amide bonds. The van der Waals surface area contributed by atoms with Crippen molar-refractivity contribution in [1.82, 2.24) is 4.98 Å². The number of hydrogen-bond donors (Lipinski definition) is 1. The number of H-pyrrole nitrogens is 1. The largest absolute Gasteiger partial charge is 0.355 e. The molecule has 1 unspecified atom stereocenters. The highest BCUT2D eigenvalue weighted by atomic mass is 14.8. The van der Waals surface area contributed by atoms with E-state index in [0.29, 0.717) is 0 Å². The summed E-state index contributed by atoms with van der Waals surface area (Å²) in [6.45, 7) is 8.90. The summed E-state index contributed by atoms with van der Waals surface area (Å²) in [7, 11) is 0. The number of aromatic nitrogens is 1. The molecule has 1 aromatic heterocycles. The predicted octanol–water partition coefficient (Wildman–Crippen LogP) is 9.39. The van der Waals surface area contributed by atoms with Gasteiger partial charge in [0.2, 0.25) is 0 Å². The van der Waals surface area contributed by atoms with Gasteiger partial charge in [0.15, 0.2) is 0 Å². The van der Waals surface area contributed by atoms with Crippen LogP contribution in [0.15, 0.2) is 127 Å². The minimum atomic E-state index is 0.213. The van der Waals surface area contributed by atoms with Crippen molar-refractivity contribution < 1.29 is 0 Å². The van der Waals surface area contributed by atoms with Crippen LogP contribution < -0.4 is 0 Å². The quantitative estimate of drug-likeness (QED) is 0.256. The smallest absolute Gasteiger partial charge is 0.0786 e.